The Morgan fingerprint density at radius 1 is 0.923 bits per heavy atom. The lowest BCUT2D eigenvalue weighted by Crippen LogP contribution is -2.19. The molecule has 0 amide bonds. The maximum absolute atomic E-state index is 11.0. The summed E-state index contributed by atoms with van der Waals surface area (Å²) in [5, 5.41) is 23.1. The number of ether oxygens (including phenoxy) is 2. The van der Waals surface area contributed by atoms with Gasteiger partial charge in [-0.1, -0.05) is 36.4 Å². The van der Waals surface area contributed by atoms with Crippen LogP contribution in [0, 0.1) is 0 Å². The average molecular weight is 417 g/mol. The second-order valence-corrected chi connectivity index (χ2v) is 7.41. The van der Waals surface area contributed by atoms with E-state index in [1.54, 1.807) is 21.0 Å². The summed E-state index contributed by atoms with van der Waals surface area (Å²) in [6.07, 6.45) is 0. The third-order valence-electron chi connectivity index (χ3n) is 4.39. The second kappa shape index (κ2) is 6.82. The van der Waals surface area contributed by atoms with Gasteiger partial charge in [0, 0.05) is 5.56 Å². The Balaban J connectivity index is 2.63. The van der Waals surface area contributed by atoms with Crippen LogP contribution >= 0.6 is 15.9 Å². The Morgan fingerprint density at radius 3 is 2.08 bits per heavy atom. The monoisotopic (exact) mass is 416 g/mol. The molecule has 0 unspecified atom stereocenters. The summed E-state index contributed by atoms with van der Waals surface area (Å²) in [6, 6.07) is 13.5. The zero-order valence-corrected chi connectivity index (χ0v) is 16.7. The first-order valence-corrected chi connectivity index (χ1v) is 8.98. The Kier molecular flexibility index (Phi) is 4.86. The first-order valence-electron chi connectivity index (χ1n) is 8.18. The molecule has 2 N–H and O–H groups in total. The molecule has 0 bridgehead atoms. The highest BCUT2D eigenvalue weighted by Gasteiger charge is 2.32. The van der Waals surface area contributed by atoms with Gasteiger partial charge in [0.05, 0.1) is 29.7 Å². The van der Waals surface area contributed by atoms with Gasteiger partial charge in [-0.3, -0.25) is 0 Å². The van der Waals surface area contributed by atoms with E-state index in [1.807, 2.05) is 42.5 Å². The van der Waals surface area contributed by atoms with Crippen molar-refractivity contribution in [2.75, 3.05) is 14.2 Å². The predicted molar refractivity (Wildman–Crippen MR) is 107 cm³/mol. The molecule has 3 rings (SSSR count). The Labute approximate surface area is 161 Å². The molecule has 0 aliphatic heterocycles. The van der Waals surface area contributed by atoms with Crippen LogP contribution in [0.15, 0.2) is 46.9 Å². The Bertz CT molecular complexity index is 960. The number of rotatable bonds is 4. The van der Waals surface area contributed by atoms with E-state index in [4.69, 9.17) is 9.47 Å². The van der Waals surface area contributed by atoms with Gasteiger partial charge < -0.3 is 19.7 Å². The lowest BCUT2D eigenvalue weighted by atomic mass is 9.84. The first-order chi connectivity index (χ1) is 12.3. The number of phenols is 1. The summed E-state index contributed by atoms with van der Waals surface area (Å²) >= 11 is 3.47. The van der Waals surface area contributed by atoms with Crippen LogP contribution in [-0.4, -0.2) is 24.4 Å². The lowest BCUT2D eigenvalue weighted by Gasteiger charge is -2.27. The van der Waals surface area contributed by atoms with Gasteiger partial charge in [0.2, 0.25) is 0 Å². The van der Waals surface area contributed by atoms with Gasteiger partial charge in [-0.25, -0.2) is 0 Å². The highest BCUT2D eigenvalue weighted by molar-refractivity contribution is 9.10. The summed E-state index contributed by atoms with van der Waals surface area (Å²) in [7, 11) is 3.03. The Hall–Kier alpha value is -2.24. The topological polar surface area (TPSA) is 58.9 Å². The molecule has 0 saturated carbocycles. The molecule has 0 spiro atoms. The number of methoxy groups -OCH3 is 2. The van der Waals surface area contributed by atoms with Gasteiger partial charge in [-0.2, -0.15) is 0 Å². The van der Waals surface area contributed by atoms with Gasteiger partial charge in [0.25, 0.3) is 0 Å². The molecule has 0 fully saturated rings. The van der Waals surface area contributed by atoms with E-state index < -0.39 is 5.60 Å². The van der Waals surface area contributed by atoms with Crippen LogP contribution in [0.4, 0.5) is 0 Å². The second-order valence-electron chi connectivity index (χ2n) is 6.56. The first kappa shape index (κ1) is 18.5. The maximum atomic E-state index is 11.0. The van der Waals surface area contributed by atoms with Crippen molar-refractivity contribution >= 4 is 26.7 Å². The summed E-state index contributed by atoms with van der Waals surface area (Å²) in [6.45, 7) is 3.36. The fraction of sp³-hybridized carbons (Fsp3) is 0.238. The van der Waals surface area contributed by atoms with Gasteiger partial charge in [0.1, 0.15) is 5.75 Å². The number of hydrogen-bond acceptors (Lipinski definition) is 4. The summed E-state index contributed by atoms with van der Waals surface area (Å²) in [4.78, 5) is 0. The number of phenolic OH excluding ortho intramolecular Hbond substituents is 1. The minimum atomic E-state index is -1.23. The highest BCUT2D eigenvalue weighted by Crippen LogP contribution is 2.52. The van der Waals surface area contributed by atoms with Crippen molar-refractivity contribution in [1.29, 1.82) is 0 Å². The summed E-state index contributed by atoms with van der Waals surface area (Å²) in [5.74, 6) is 0.690. The van der Waals surface area contributed by atoms with Crippen LogP contribution in [0.5, 0.6) is 17.2 Å². The van der Waals surface area contributed by atoms with Crippen LogP contribution < -0.4 is 9.47 Å². The van der Waals surface area contributed by atoms with Crippen LogP contribution in [0.1, 0.15) is 19.4 Å². The molecule has 0 heterocycles. The number of fused-ring (bicyclic) bond motifs is 1. The number of aromatic hydroxyl groups is 1. The van der Waals surface area contributed by atoms with Gasteiger partial charge in [0.15, 0.2) is 11.5 Å². The van der Waals surface area contributed by atoms with Crippen LogP contribution in [0.3, 0.4) is 0 Å². The zero-order valence-electron chi connectivity index (χ0n) is 15.1. The standard InChI is InChI=1S/C21H21BrO4/c1-21(2,24)17-15(12-8-6-5-7-9-12)13-10-11-14(22)19(25-3)16(13)18(23)20(17)26-4/h5-11,23-24H,1-4H3. The maximum Gasteiger partial charge on any atom is 0.169 e. The fourth-order valence-corrected chi connectivity index (χ4v) is 3.86. The normalized spacial score (nSPS) is 11.6. The summed E-state index contributed by atoms with van der Waals surface area (Å²) in [5.41, 5.74) is 1.01. The molecular weight excluding hydrogens is 396 g/mol. The molecular formula is C21H21BrO4. The molecule has 0 aromatic heterocycles. The van der Waals surface area contributed by atoms with Gasteiger partial charge in [-0.15, -0.1) is 0 Å². The minimum Gasteiger partial charge on any atom is -0.504 e. The number of hydrogen-bond donors (Lipinski definition) is 2. The number of benzene rings is 3. The van der Waals surface area contributed by atoms with E-state index in [9.17, 15) is 10.2 Å². The van der Waals surface area contributed by atoms with Gasteiger partial charge >= 0.3 is 0 Å². The molecule has 0 saturated heterocycles. The molecule has 0 aliphatic rings. The van der Waals surface area contributed by atoms with Crippen molar-refractivity contribution in [2.45, 2.75) is 19.4 Å². The smallest absolute Gasteiger partial charge is 0.169 e. The summed E-state index contributed by atoms with van der Waals surface area (Å²) < 4.78 is 11.8. The van der Waals surface area contributed by atoms with Crippen molar-refractivity contribution < 1.29 is 19.7 Å². The molecule has 5 heteroatoms. The molecule has 26 heavy (non-hydrogen) atoms. The largest absolute Gasteiger partial charge is 0.504 e. The SMILES string of the molecule is COc1c(C(C)(C)O)c(-c2ccccc2)c2ccc(Br)c(OC)c2c1O. The van der Waals surface area contributed by atoms with Crippen molar-refractivity contribution in [3.05, 3.63) is 52.5 Å². The molecule has 0 atom stereocenters. The number of halogens is 1. The predicted octanol–water partition coefficient (Wildman–Crippen LogP) is 5.22. The average Bonchev–Trinajstić information content (AvgIpc) is 2.61. The third kappa shape index (κ3) is 2.91. The molecule has 4 nitrogen and oxygen atoms in total. The molecule has 136 valence electrons. The van der Waals surface area contributed by atoms with E-state index >= 15 is 0 Å². The van der Waals surface area contributed by atoms with Crippen LogP contribution in [0.2, 0.25) is 0 Å². The van der Waals surface area contributed by atoms with E-state index in [0.29, 0.717) is 16.7 Å². The molecule has 0 radical (unpaired) electrons. The molecule has 3 aromatic carbocycles. The van der Waals surface area contributed by atoms with Crippen LogP contribution in [0.25, 0.3) is 21.9 Å². The van der Waals surface area contributed by atoms with Crippen molar-refractivity contribution in [3.63, 3.8) is 0 Å². The van der Waals surface area contributed by atoms with Crippen molar-refractivity contribution in [3.8, 4) is 28.4 Å². The van der Waals surface area contributed by atoms with E-state index in [2.05, 4.69) is 15.9 Å². The highest BCUT2D eigenvalue weighted by atomic mass is 79.9. The lowest BCUT2D eigenvalue weighted by molar-refractivity contribution is 0.0759. The zero-order chi connectivity index (χ0) is 19.1. The fourth-order valence-electron chi connectivity index (χ4n) is 3.37. The van der Waals surface area contributed by atoms with Crippen molar-refractivity contribution in [2.24, 2.45) is 0 Å². The van der Waals surface area contributed by atoms with Crippen molar-refractivity contribution in [1.82, 2.24) is 0 Å². The van der Waals surface area contributed by atoms with E-state index in [0.717, 1.165) is 21.0 Å². The van der Waals surface area contributed by atoms with E-state index in [-0.39, 0.29) is 11.5 Å². The van der Waals surface area contributed by atoms with E-state index in [1.165, 1.54) is 7.11 Å². The van der Waals surface area contributed by atoms with Crippen LogP contribution in [-0.2, 0) is 5.60 Å². The van der Waals surface area contributed by atoms with Gasteiger partial charge in [-0.05, 0) is 52.4 Å². The molecule has 3 aromatic rings. The third-order valence-corrected chi connectivity index (χ3v) is 5.01. The Morgan fingerprint density at radius 2 is 1.54 bits per heavy atom. The molecule has 0 aliphatic carbocycles. The minimum absolute atomic E-state index is 0.0579. The number of aliphatic hydroxyl groups is 1. The quantitative estimate of drug-likeness (QED) is 0.611.